The first kappa shape index (κ1) is 52.2. The molecule has 0 saturated heterocycles. The first-order chi connectivity index (χ1) is 23.7. The zero-order chi connectivity index (χ0) is 42.0. The van der Waals surface area contributed by atoms with Gasteiger partial charge < -0.3 is 43.3 Å². The molecule has 0 amide bonds. The second kappa shape index (κ2) is 21.1. The number of rotatable bonds is 21. The molecule has 0 bridgehead atoms. The van der Waals surface area contributed by atoms with Crippen molar-refractivity contribution in [2.75, 3.05) is 32.6 Å². The summed E-state index contributed by atoms with van der Waals surface area (Å²) in [5.74, 6) is -5.14. The SMILES string of the molecule is COC(=O)C(C(C)(C)CC(C(=O)OCCP(=O)(O)O)C(C)(C)SC(=S)OC(C)C)C(C)(C)CC(C(=O)OCCP(=O)(O)O)C(C)(C)SC(=S)OC(C)C. The van der Waals surface area contributed by atoms with Crippen molar-refractivity contribution in [1.29, 1.82) is 0 Å². The molecule has 0 aliphatic heterocycles. The first-order valence-electron chi connectivity index (χ1n) is 17.0. The lowest BCUT2D eigenvalue weighted by molar-refractivity contribution is -0.163. The van der Waals surface area contributed by atoms with Crippen molar-refractivity contribution in [2.24, 2.45) is 28.6 Å². The molecule has 0 aliphatic carbocycles. The Morgan fingerprint density at radius 1 is 0.623 bits per heavy atom. The number of hydrogen-bond acceptors (Lipinski definition) is 14. The minimum absolute atomic E-state index is 0.00289. The largest absolute Gasteiger partial charge is 0.476 e. The minimum atomic E-state index is -4.47. The third-order valence-electron chi connectivity index (χ3n) is 8.32. The van der Waals surface area contributed by atoms with Crippen LogP contribution >= 0.6 is 63.2 Å². The first-order valence-corrected chi connectivity index (χ1v) is 23.0. The van der Waals surface area contributed by atoms with Crippen LogP contribution in [0.1, 0.15) is 95.9 Å². The van der Waals surface area contributed by atoms with Gasteiger partial charge in [-0.25, -0.2) is 0 Å². The van der Waals surface area contributed by atoms with Crippen LogP contribution in [-0.4, -0.2) is 101 Å². The minimum Gasteiger partial charge on any atom is -0.476 e. The summed E-state index contributed by atoms with van der Waals surface area (Å²) in [6.07, 6.45) is -1.86. The highest BCUT2D eigenvalue weighted by Crippen LogP contribution is 2.53. The average Bonchev–Trinajstić information content (AvgIpc) is 2.91. The number of esters is 3. The summed E-state index contributed by atoms with van der Waals surface area (Å²) in [5, 5.41) is 0. The van der Waals surface area contributed by atoms with Crippen molar-refractivity contribution in [3.8, 4) is 0 Å². The molecule has 0 aromatic carbocycles. The lowest BCUT2D eigenvalue weighted by Gasteiger charge is -2.47. The second-order valence-corrected chi connectivity index (χ2v) is 23.9. The molecule has 53 heavy (non-hydrogen) atoms. The third-order valence-corrected chi connectivity index (χ3v) is 12.7. The molecule has 20 heteroatoms. The molecule has 0 heterocycles. The summed E-state index contributed by atoms with van der Waals surface area (Å²) in [5.41, 5.74) is -2.16. The average molecular weight is 871 g/mol. The van der Waals surface area contributed by atoms with Gasteiger partial charge in [0.2, 0.25) is 8.77 Å². The zero-order valence-corrected chi connectivity index (χ0v) is 38.1. The smallest absolute Gasteiger partial charge is 0.328 e. The normalized spacial score (nSPS) is 15.0. The molecule has 0 aromatic rings. The molecule has 0 aromatic heterocycles. The van der Waals surface area contributed by atoms with Crippen molar-refractivity contribution < 1.29 is 66.8 Å². The number of ether oxygens (including phenoxy) is 5. The van der Waals surface area contributed by atoms with E-state index in [0.717, 1.165) is 23.5 Å². The molecule has 2 atom stereocenters. The standard InChI is InChI=1S/C33H60O14P2S4/c1-20(2)46-28(50)52-32(9,10)22(25(34)44-14-16-48(37,38)39)18-30(5,6)24(27(36)43-13)31(7,8)19-23(26(35)45-15-17-49(40,41)42)33(11,12)53-29(51)47-21(3)4/h20-24H,14-19H2,1-13H3,(H2,37,38,39)(H2,40,41,42). The fraction of sp³-hybridized carbons (Fsp3) is 0.848. The molecule has 0 fully saturated rings. The summed E-state index contributed by atoms with van der Waals surface area (Å²) in [6.45, 7) is 20.2. The maximum Gasteiger partial charge on any atom is 0.328 e. The molecule has 0 saturated carbocycles. The maximum absolute atomic E-state index is 13.9. The highest BCUT2D eigenvalue weighted by atomic mass is 32.2. The zero-order valence-electron chi connectivity index (χ0n) is 33.0. The Bertz CT molecular complexity index is 1280. The highest BCUT2D eigenvalue weighted by molar-refractivity contribution is 8.23. The van der Waals surface area contributed by atoms with Crippen molar-refractivity contribution >= 4 is 89.8 Å². The summed E-state index contributed by atoms with van der Waals surface area (Å²) < 4.78 is 48.8. The van der Waals surface area contributed by atoms with Gasteiger partial charge in [-0.15, -0.1) is 0 Å². The van der Waals surface area contributed by atoms with Crippen molar-refractivity contribution in [1.82, 2.24) is 0 Å². The van der Waals surface area contributed by atoms with Gasteiger partial charge in [-0.2, -0.15) is 0 Å². The van der Waals surface area contributed by atoms with Gasteiger partial charge in [-0.1, -0.05) is 51.2 Å². The molecule has 310 valence electrons. The fourth-order valence-corrected chi connectivity index (χ4v) is 10.4. The lowest BCUT2D eigenvalue weighted by Crippen LogP contribution is -2.49. The summed E-state index contributed by atoms with van der Waals surface area (Å²) in [7, 11) is -7.72. The lowest BCUT2D eigenvalue weighted by atomic mass is 9.58. The van der Waals surface area contributed by atoms with E-state index >= 15 is 0 Å². The molecule has 0 radical (unpaired) electrons. The van der Waals surface area contributed by atoms with Crippen LogP contribution in [0.25, 0.3) is 0 Å². The van der Waals surface area contributed by atoms with Crippen LogP contribution in [0.5, 0.6) is 0 Å². The van der Waals surface area contributed by atoms with E-state index < -0.39 is 96.7 Å². The summed E-state index contributed by atoms with van der Waals surface area (Å²) >= 11 is 13.1. The number of thiocarbonyl (C=S) groups is 2. The van der Waals surface area contributed by atoms with Gasteiger partial charge in [0.1, 0.15) is 13.2 Å². The van der Waals surface area contributed by atoms with Crippen LogP contribution in [0.15, 0.2) is 0 Å². The van der Waals surface area contributed by atoms with Gasteiger partial charge in [0.05, 0.1) is 49.4 Å². The van der Waals surface area contributed by atoms with Crippen LogP contribution in [-0.2, 0) is 47.2 Å². The molecular weight excluding hydrogens is 811 g/mol. The van der Waals surface area contributed by atoms with E-state index in [0.29, 0.717) is 0 Å². The van der Waals surface area contributed by atoms with Crippen molar-refractivity contribution in [3.05, 3.63) is 0 Å². The quantitative estimate of drug-likeness (QED) is 0.0408. The van der Waals surface area contributed by atoms with Gasteiger partial charge in [0.25, 0.3) is 0 Å². The summed E-state index contributed by atoms with van der Waals surface area (Å²) in [4.78, 5) is 78.8. The van der Waals surface area contributed by atoms with Crippen LogP contribution in [0.4, 0.5) is 0 Å². The Hall–Kier alpha value is -0.810. The van der Waals surface area contributed by atoms with Crippen LogP contribution < -0.4 is 0 Å². The monoisotopic (exact) mass is 870 g/mol. The van der Waals surface area contributed by atoms with Crippen LogP contribution in [0.2, 0.25) is 0 Å². The second-order valence-electron chi connectivity index (χ2n) is 15.8. The van der Waals surface area contributed by atoms with Crippen molar-refractivity contribution in [2.45, 2.75) is 118 Å². The number of methoxy groups -OCH3 is 1. The Morgan fingerprint density at radius 2 is 0.925 bits per heavy atom. The molecular formula is C33H60O14P2S4. The Morgan fingerprint density at radius 3 is 1.17 bits per heavy atom. The van der Waals surface area contributed by atoms with E-state index in [-0.39, 0.29) is 33.8 Å². The number of carbonyl (C=O) groups excluding carboxylic acids is 3. The number of carbonyl (C=O) groups is 3. The van der Waals surface area contributed by atoms with Crippen LogP contribution in [0.3, 0.4) is 0 Å². The molecule has 4 N–H and O–H groups in total. The Labute approximate surface area is 334 Å². The Kier molecular flexibility index (Phi) is 20.8. The highest BCUT2D eigenvalue weighted by Gasteiger charge is 2.53. The summed E-state index contributed by atoms with van der Waals surface area (Å²) in [6, 6.07) is 0. The molecule has 0 aliphatic rings. The van der Waals surface area contributed by atoms with Crippen LogP contribution in [0, 0.1) is 28.6 Å². The molecule has 14 nitrogen and oxygen atoms in total. The number of thioether (sulfide) groups is 2. The van der Waals surface area contributed by atoms with Gasteiger partial charge in [-0.3, -0.25) is 23.5 Å². The molecule has 0 spiro atoms. The predicted molar refractivity (Wildman–Crippen MR) is 216 cm³/mol. The van der Waals surface area contributed by atoms with E-state index in [1.807, 2.05) is 0 Å². The van der Waals surface area contributed by atoms with E-state index in [9.17, 15) is 43.1 Å². The fourth-order valence-electron chi connectivity index (χ4n) is 6.06. The van der Waals surface area contributed by atoms with Gasteiger partial charge in [0.15, 0.2) is 0 Å². The van der Waals surface area contributed by atoms with E-state index in [1.165, 1.54) is 7.11 Å². The maximum atomic E-state index is 13.9. The Balaban J connectivity index is 7.07. The van der Waals surface area contributed by atoms with Gasteiger partial charge in [0, 0.05) is 9.49 Å². The topological polar surface area (TPSA) is 212 Å². The van der Waals surface area contributed by atoms with Gasteiger partial charge in [-0.05, 0) is 103 Å². The van der Waals surface area contributed by atoms with Crippen molar-refractivity contribution in [3.63, 3.8) is 0 Å². The van der Waals surface area contributed by atoms with E-state index in [1.54, 1.807) is 83.1 Å². The van der Waals surface area contributed by atoms with Gasteiger partial charge >= 0.3 is 33.1 Å². The van der Waals surface area contributed by atoms with E-state index in [4.69, 9.17) is 48.1 Å². The molecule has 2 unspecified atom stereocenters. The van der Waals surface area contributed by atoms with E-state index in [2.05, 4.69) is 0 Å². The molecule has 0 rings (SSSR count). The number of hydrogen-bond donors (Lipinski definition) is 4. The predicted octanol–water partition coefficient (Wildman–Crippen LogP) is 6.73. The third kappa shape index (κ3) is 19.8.